The van der Waals surface area contributed by atoms with Crippen LogP contribution in [0.1, 0.15) is 133 Å². The Balaban J connectivity index is 1.17. The molecule has 78 heavy (non-hydrogen) atoms. The molecule has 0 saturated heterocycles. The van der Waals surface area contributed by atoms with Gasteiger partial charge in [0.1, 0.15) is 45.6 Å². The van der Waals surface area contributed by atoms with Crippen LogP contribution in [0, 0.1) is 23.7 Å². The van der Waals surface area contributed by atoms with E-state index in [4.69, 9.17) is 47.4 Å². The van der Waals surface area contributed by atoms with E-state index in [1.54, 1.807) is 24.3 Å². The fraction of sp³-hybridized carbons (Fsp3) is 0.400. The normalized spacial score (nSPS) is 14.5. The summed E-state index contributed by atoms with van der Waals surface area (Å²) < 4.78 is 55.3. The second-order valence-corrected chi connectivity index (χ2v) is 18.6. The Labute approximate surface area is 454 Å². The van der Waals surface area contributed by atoms with E-state index < -0.39 is 59.6 Å². The minimum Gasteiger partial charge on any atom is -0.494 e. The molecule has 0 heterocycles. The van der Waals surface area contributed by atoms with Crippen LogP contribution in [0.3, 0.4) is 0 Å². The molecule has 0 radical (unpaired) electrons. The summed E-state index contributed by atoms with van der Waals surface area (Å²) in [6.45, 7) is 15.8. The number of carbonyl (C=O) groups is 8. The topological polar surface area (TPSA) is 229 Å². The lowest BCUT2D eigenvalue weighted by atomic mass is 9.82. The minimum atomic E-state index is -0.784. The number of carbonyl (C=O) groups excluding carboxylic acids is 8. The van der Waals surface area contributed by atoms with Crippen molar-refractivity contribution < 1.29 is 85.7 Å². The first-order chi connectivity index (χ1) is 37.6. The summed E-state index contributed by atoms with van der Waals surface area (Å²) in [5.74, 6) is -5.53. The van der Waals surface area contributed by atoms with Gasteiger partial charge in [-0.2, -0.15) is 0 Å². The van der Waals surface area contributed by atoms with Crippen molar-refractivity contribution in [1.29, 1.82) is 0 Å². The lowest BCUT2D eigenvalue weighted by Gasteiger charge is -2.26. The van der Waals surface area contributed by atoms with E-state index in [1.165, 1.54) is 60.7 Å². The summed E-state index contributed by atoms with van der Waals surface area (Å²) in [5, 5.41) is 0. The third kappa shape index (κ3) is 19.7. The number of ether oxygens (including phenoxy) is 10. The van der Waals surface area contributed by atoms with E-state index in [1.807, 2.05) is 27.7 Å². The first kappa shape index (κ1) is 60.6. The van der Waals surface area contributed by atoms with Gasteiger partial charge in [-0.25, -0.2) is 28.8 Å². The zero-order valence-electron chi connectivity index (χ0n) is 44.6. The van der Waals surface area contributed by atoms with Crippen LogP contribution >= 0.6 is 0 Å². The molecule has 1 fully saturated rings. The molecule has 2 unspecified atom stereocenters. The average Bonchev–Trinajstić information content (AvgIpc) is 3.46. The largest absolute Gasteiger partial charge is 0.494 e. The first-order valence-corrected chi connectivity index (χ1v) is 26.1. The number of unbranched alkanes of at least 4 members (excludes halogenated alkanes) is 2. The molecule has 0 N–H and O–H groups in total. The van der Waals surface area contributed by atoms with Crippen molar-refractivity contribution >= 4 is 47.8 Å². The lowest BCUT2D eigenvalue weighted by Crippen LogP contribution is -2.30. The number of benzene rings is 4. The third-order valence-corrected chi connectivity index (χ3v) is 12.6. The summed E-state index contributed by atoms with van der Waals surface area (Å²) >= 11 is 0. The SMILES string of the molecule is C=CC(=O)OCCCCOc1ccc(C(=O)Oc2ccc(OC(=O)C3CCC(C(=O)Oc4ccc(OC(=O)c5ccc(OCCCCOC(=O)C=C)cc5)c(C(=O)OCC(C)CC)c4)CC3)cc2C(=O)OCC(C)CC)cc1. The lowest BCUT2D eigenvalue weighted by molar-refractivity contribution is -0.145. The van der Waals surface area contributed by atoms with Crippen LogP contribution in [0.25, 0.3) is 0 Å². The van der Waals surface area contributed by atoms with E-state index in [0.29, 0.717) is 50.4 Å². The molecular formula is C60H68O18. The van der Waals surface area contributed by atoms with Gasteiger partial charge in [-0.1, -0.05) is 53.7 Å². The molecule has 4 aromatic carbocycles. The van der Waals surface area contributed by atoms with Crippen molar-refractivity contribution in [2.24, 2.45) is 23.7 Å². The molecule has 4 aromatic rings. The van der Waals surface area contributed by atoms with E-state index in [-0.39, 0.29) is 109 Å². The van der Waals surface area contributed by atoms with Gasteiger partial charge >= 0.3 is 47.8 Å². The zero-order chi connectivity index (χ0) is 56.4. The maximum atomic E-state index is 13.5. The molecule has 1 aliphatic carbocycles. The highest BCUT2D eigenvalue weighted by Gasteiger charge is 2.33. The predicted octanol–water partition coefficient (Wildman–Crippen LogP) is 10.6. The van der Waals surface area contributed by atoms with Crippen molar-refractivity contribution in [2.45, 2.75) is 91.9 Å². The van der Waals surface area contributed by atoms with Crippen molar-refractivity contribution in [3.63, 3.8) is 0 Å². The second-order valence-electron chi connectivity index (χ2n) is 18.6. The maximum Gasteiger partial charge on any atom is 0.343 e. The highest BCUT2D eigenvalue weighted by atomic mass is 16.6. The quantitative estimate of drug-likeness (QED) is 0.0155. The van der Waals surface area contributed by atoms with Gasteiger partial charge in [-0.05, 0) is 148 Å². The Hall–Kier alpha value is -8.28. The average molecular weight is 1080 g/mol. The van der Waals surface area contributed by atoms with Crippen LogP contribution in [0.5, 0.6) is 34.5 Å². The molecule has 18 heteroatoms. The molecule has 2 atom stereocenters. The van der Waals surface area contributed by atoms with Gasteiger partial charge < -0.3 is 47.4 Å². The van der Waals surface area contributed by atoms with Gasteiger partial charge in [0.25, 0.3) is 0 Å². The highest BCUT2D eigenvalue weighted by Crippen LogP contribution is 2.34. The molecule has 0 spiro atoms. The van der Waals surface area contributed by atoms with Crippen LogP contribution in [-0.4, -0.2) is 87.4 Å². The fourth-order valence-corrected chi connectivity index (χ4v) is 7.38. The Morgan fingerprint density at radius 3 is 1.15 bits per heavy atom. The Morgan fingerprint density at radius 1 is 0.462 bits per heavy atom. The number of hydrogen-bond acceptors (Lipinski definition) is 18. The van der Waals surface area contributed by atoms with Gasteiger partial charge in [-0.15, -0.1) is 0 Å². The fourth-order valence-electron chi connectivity index (χ4n) is 7.38. The Kier molecular flexibility index (Phi) is 24.6. The van der Waals surface area contributed by atoms with E-state index in [0.717, 1.165) is 25.0 Å². The molecule has 0 bridgehead atoms. The maximum absolute atomic E-state index is 13.5. The standard InChI is InChI=1S/C60H68O18/c1-7-39(5)37-73-59(67)49-35-47(27-29-51(49)77-57(65)43-19-23-45(24-20-43)69-31-11-13-33-71-53(61)9-3)75-55(63)41-15-17-42(18-16-41)56(64)76-48-28-30-52(50(36-48)60(68)74-38-40(6)8-2)78-58(66)44-21-25-46(26-22-44)70-32-12-14-34-72-54(62)10-4/h9-10,19-30,35-36,39-42H,3-4,7-8,11-18,31-34,37-38H2,1-2,5-6H3. The molecule has 18 nitrogen and oxygen atoms in total. The monoisotopic (exact) mass is 1080 g/mol. The Morgan fingerprint density at radius 2 is 0.808 bits per heavy atom. The molecular weight excluding hydrogens is 1010 g/mol. The number of esters is 8. The molecule has 1 aliphatic rings. The van der Waals surface area contributed by atoms with Crippen LogP contribution in [0.2, 0.25) is 0 Å². The van der Waals surface area contributed by atoms with Crippen LogP contribution in [0.4, 0.5) is 0 Å². The van der Waals surface area contributed by atoms with Crippen LogP contribution < -0.4 is 28.4 Å². The molecule has 0 amide bonds. The molecule has 5 rings (SSSR count). The predicted molar refractivity (Wildman–Crippen MR) is 284 cm³/mol. The second kappa shape index (κ2) is 31.7. The van der Waals surface area contributed by atoms with Crippen LogP contribution in [-0.2, 0) is 38.1 Å². The van der Waals surface area contributed by atoms with Crippen molar-refractivity contribution in [3.8, 4) is 34.5 Å². The minimum absolute atomic E-state index is 0.0163. The van der Waals surface area contributed by atoms with E-state index >= 15 is 0 Å². The summed E-state index contributed by atoms with van der Waals surface area (Å²) in [4.78, 5) is 103. The summed E-state index contributed by atoms with van der Waals surface area (Å²) in [6, 6.07) is 20.5. The van der Waals surface area contributed by atoms with Crippen LogP contribution in [0.15, 0.2) is 110 Å². The van der Waals surface area contributed by atoms with E-state index in [2.05, 4.69) is 13.2 Å². The van der Waals surface area contributed by atoms with Gasteiger partial charge in [0, 0.05) is 12.2 Å². The first-order valence-electron chi connectivity index (χ1n) is 26.1. The van der Waals surface area contributed by atoms with E-state index in [9.17, 15) is 38.4 Å². The summed E-state index contributed by atoms with van der Waals surface area (Å²) in [6.07, 6.45) is 7.23. The molecule has 416 valence electrons. The third-order valence-electron chi connectivity index (χ3n) is 12.6. The molecule has 0 aromatic heterocycles. The highest BCUT2D eigenvalue weighted by molar-refractivity contribution is 5.98. The van der Waals surface area contributed by atoms with Gasteiger partial charge in [0.15, 0.2) is 0 Å². The number of rotatable bonds is 30. The van der Waals surface area contributed by atoms with Crippen molar-refractivity contribution in [3.05, 3.63) is 132 Å². The van der Waals surface area contributed by atoms with Gasteiger partial charge in [0.05, 0.1) is 62.6 Å². The number of hydrogen-bond donors (Lipinski definition) is 0. The molecule has 0 aliphatic heterocycles. The van der Waals surface area contributed by atoms with Crippen molar-refractivity contribution in [2.75, 3.05) is 39.6 Å². The van der Waals surface area contributed by atoms with Crippen molar-refractivity contribution in [1.82, 2.24) is 0 Å². The summed E-state index contributed by atoms with van der Waals surface area (Å²) in [5.41, 5.74) is 0.0864. The molecule has 1 saturated carbocycles. The van der Waals surface area contributed by atoms with Gasteiger partial charge in [0.2, 0.25) is 0 Å². The van der Waals surface area contributed by atoms with Gasteiger partial charge in [-0.3, -0.25) is 9.59 Å². The Bertz CT molecular complexity index is 2520. The summed E-state index contributed by atoms with van der Waals surface area (Å²) in [7, 11) is 0. The zero-order valence-corrected chi connectivity index (χ0v) is 44.6. The smallest absolute Gasteiger partial charge is 0.343 e.